The zero-order chi connectivity index (χ0) is 14.8. The Bertz CT molecular complexity index is 473. The number of likely N-dealkylation sites (tertiary alicyclic amines) is 1. The number of nitrogens with one attached hydrogen (secondary N) is 1. The molecular weight excluding hydrogens is 264 g/mol. The molecule has 0 spiro atoms. The summed E-state index contributed by atoms with van der Waals surface area (Å²) in [5.41, 5.74) is 2.69. The first-order chi connectivity index (χ1) is 10.2. The van der Waals surface area contributed by atoms with E-state index in [-0.39, 0.29) is 6.61 Å². The van der Waals surface area contributed by atoms with Gasteiger partial charge in [0, 0.05) is 29.4 Å². The van der Waals surface area contributed by atoms with Crippen molar-refractivity contribution < 1.29 is 5.11 Å². The average molecular weight is 292 g/mol. The molecular formula is C16H28N4O. The highest BCUT2D eigenvalue weighted by Crippen LogP contribution is 2.31. The summed E-state index contributed by atoms with van der Waals surface area (Å²) in [6.07, 6.45) is 7.99. The second-order valence-corrected chi connectivity index (χ2v) is 6.66. The topological polar surface area (TPSA) is 53.3 Å². The fraction of sp³-hybridized carbons (Fsp3) is 0.812. The number of hydrogen-bond donors (Lipinski definition) is 2. The summed E-state index contributed by atoms with van der Waals surface area (Å²) in [7, 11) is 2.22. The van der Waals surface area contributed by atoms with Gasteiger partial charge in [-0.2, -0.15) is 5.10 Å². The molecule has 0 amide bonds. The van der Waals surface area contributed by atoms with Crippen LogP contribution in [0.2, 0.25) is 0 Å². The van der Waals surface area contributed by atoms with Crippen molar-refractivity contribution in [2.45, 2.75) is 63.7 Å². The van der Waals surface area contributed by atoms with E-state index in [1.165, 1.54) is 43.5 Å². The van der Waals surface area contributed by atoms with Crippen molar-refractivity contribution in [1.29, 1.82) is 0 Å². The SMILES string of the molecule is CC1CC(NC2CCCc3c2cnn3CCO)CCN1C. The molecule has 3 unspecified atom stereocenters. The summed E-state index contributed by atoms with van der Waals surface area (Å²) in [6, 6.07) is 1.73. The molecule has 1 aliphatic heterocycles. The van der Waals surface area contributed by atoms with Crippen LogP contribution in [0.1, 0.15) is 49.9 Å². The van der Waals surface area contributed by atoms with E-state index < -0.39 is 0 Å². The molecule has 5 heteroatoms. The molecule has 0 bridgehead atoms. The maximum Gasteiger partial charge on any atom is 0.0644 e. The molecule has 3 atom stereocenters. The first kappa shape index (κ1) is 15.0. The van der Waals surface area contributed by atoms with Crippen molar-refractivity contribution in [3.8, 4) is 0 Å². The van der Waals surface area contributed by atoms with Crippen LogP contribution in [0.3, 0.4) is 0 Å². The van der Waals surface area contributed by atoms with Crippen LogP contribution in [-0.4, -0.2) is 52.1 Å². The number of nitrogens with zero attached hydrogens (tertiary/aromatic N) is 3. The van der Waals surface area contributed by atoms with Crippen molar-refractivity contribution in [2.75, 3.05) is 20.2 Å². The molecule has 3 rings (SSSR count). The minimum atomic E-state index is 0.165. The van der Waals surface area contributed by atoms with Gasteiger partial charge in [-0.25, -0.2) is 0 Å². The lowest BCUT2D eigenvalue weighted by Crippen LogP contribution is -2.46. The maximum absolute atomic E-state index is 9.14. The molecule has 21 heavy (non-hydrogen) atoms. The second kappa shape index (κ2) is 6.46. The molecule has 0 saturated carbocycles. The van der Waals surface area contributed by atoms with Gasteiger partial charge in [0.15, 0.2) is 0 Å². The van der Waals surface area contributed by atoms with Crippen LogP contribution in [0.5, 0.6) is 0 Å². The van der Waals surface area contributed by atoms with E-state index >= 15 is 0 Å². The van der Waals surface area contributed by atoms with Crippen molar-refractivity contribution in [2.24, 2.45) is 0 Å². The third-order valence-electron chi connectivity index (χ3n) is 5.22. The van der Waals surface area contributed by atoms with E-state index in [0.717, 1.165) is 6.42 Å². The number of hydrogen-bond acceptors (Lipinski definition) is 4. The van der Waals surface area contributed by atoms with Crippen LogP contribution in [0.15, 0.2) is 6.20 Å². The molecule has 1 aliphatic carbocycles. The van der Waals surface area contributed by atoms with Gasteiger partial charge in [-0.3, -0.25) is 4.68 Å². The van der Waals surface area contributed by atoms with Crippen LogP contribution in [0.25, 0.3) is 0 Å². The monoisotopic (exact) mass is 292 g/mol. The second-order valence-electron chi connectivity index (χ2n) is 6.66. The van der Waals surface area contributed by atoms with Crippen LogP contribution in [0, 0.1) is 0 Å². The fourth-order valence-electron chi connectivity index (χ4n) is 3.80. The Morgan fingerprint density at radius 2 is 2.29 bits per heavy atom. The van der Waals surface area contributed by atoms with Gasteiger partial charge in [0.05, 0.1) is 19.3 Å². The zero-order valence-electron chi connectivity index (χ0n) is 13.3. The molecule has 2 aliphatic rings. The summed E-state index contributed by atoms with van der Waals surface area (Å²) < 4.78 is 1.99. The number of rotatable bonds is 4. The smallest absolute Gasteiger partial charge is 0.0644 e. The van der Waals surface area contributed by atoms with Gasteiger partial charge in [-0.1, -0.05) is 0 Å². The Hall–Kier alpha value is -0.910. The Balaban J connectivity index is 1.68. The first-order valence-corrected chi connectivity index (χ1v) is 8.30. The predicted octanol–water partition coefficient (Wildman–Crippen LogP) is 1.33. The van der Waals surface area contributed by atoms with Crippen molar-refractivity contribution >= 4 is 0 Å². The lowest BCUT2D eigenvalue weighted by atomic mass is 9.90. The summed E-state index contributed by atoms with van der Waals surface area (Å²) in [4.78, 5) is 2.45. The average Bonchev–Trinajstić information content (AvgIpc) is 2.88. The zero-order valence-corrected chi connectivity index (χ0v) is 13.3. The highest BCUT2D eigenvalue weighted by Gasteiger charge is 2.29. The van der Waals surface area contributed by atoms with Gasteiger partial charge in [-0.15, -0.1) is 0 Å². The molecule has 0 radical (unpaired) electrons. The van der Waals surface area contributed by atoms with E-state index in [1.54, 1.807) is 0 Å². The van der Waals surface area contributed by atoms with Gasteiger partial charge in [0.25, 0.3) is 0 Å². The quantitative estimate of drug-likeness (QED) is 0.879. The highest BCUT2D eigenvalue weighted by atomic mass is 16.3. The highest BCUT2D eigenvalue weighted by molar-refractivity contribution is 5.25. The van der Waals surface area contributed by atoms with Gasteiger partial charge in [0.2, 0.25) is 0 Å². The molecule has 1 aromatic rings. The number of aliphatic hydroxyl groups is 1. The Morgan fingerprint density at radius 3 is 3.05 bits per heavy atom. The van der Waals surface area contributed by atoms with Crippen LogP contribution < -0.4 is 5.32 Å². The molecule has 1 fully saturated rings. The minimum absolute atomic E-state index is 0.165. The summed E-state index contributed by atoms with van der Waals surface area (Å²) in [5.74, 6) is 0. The normalized spacial score (nSPS) is 30.3. The Morgan fingerprint density at radius 1 is 1.43 bits per heavy atom. The molecule has 1 aromatic heterocycles. The van der Waals surface area contributed by atoms with Gasteiger partial charge >= 0.3 is 0 Å². The largest absolute Gasteiger partial charge is 0.394 e. The Kier molecular flexibility index (Phi) is 4.62. The Labute approximate surface area is 127 Å². The van der Waals surface area contributed by atoms with E-state index in [9.17, 15) is 0 Å². The van der Waals surface area contributed by atoms with Crippen molar-refractivity contribution in [3.63, 3.8) is 0 Å². The van der Waals surface area contributed by atoms with E-state index in [0.29, 0.717) is 24.7 Å². The predicted molar refractivity (Wildman–Crippen MR) is 83.2 cm³/mol. The van der Waals surface area contributed by atoms with Crippen LogP contribution in [0.4, 0.5) is 0 Å². The number of fused-ring (bicyclic) bond motifs is 1. The third kappa shape index (κ3) is 3.15. The van der Waals surface area contributed by atoms with Crippen molar-refractivity contribution in [3.05, 3.63) is 17.5 Å². The molecule has 5 nitrogen and oxygen atoms in total. The molecule has 0 aromatic carbocycles. The molecule has 2 heterocycles. The lowest BCUT2D eigenvalue weighted by Gasteiger charge is -2.38. The number of aliphatic hydroxyl groups excluding tert-OH is 1. The van der Waals surface area contributed by atoms with Crippen LogP contribution >= 0.6 is 0 Å². The fourth-order valence-corrected chi connectivity index (χ4v) is 3.80. The maximum atomic E-state index is 9.14. The lowest BCUT2D eigenvalue weighted by molar-refractivity contribution is 0.160. The number of piperidine rings is 1. The van der Waals surface area contributed by atoms with E-state index in [2.05, 4.69) is 29.3 Å². The molecule has 2 N–H and O–H groups in total. The number of aromatic nitrogens is 2. The molecule has 1 saturated heterocycles. The summed E-state index contributed by atoms with van der Waals surface area (Å²) in [6.45, 7) is 4.29. The summed E-state index contributed by atoms with van der Waals surface area (Å²) >= 11 is 0. The van der Waals surface area contributed by atoms with E-state index in [1.807, 2.05) is 10.9 Å². The van der Waals surface area contributed by atoms with E-state index in [4.69, 9.17) is 5.11 Å². The summed E-state index contributed by atoms with van der Waals surface area (Å²) in [5, 5.41) is 17.5. The standard InChI is InChI=1S/C16H28N4O/c1-12-10-13(6-7-19(12)2)18-15-4-3-5-16-14(15)11-17-20(16)8-9-21/h11-13,15,18,21H,3-10H2,1-2H3. The first-order valence-electron chi connectivity index (χ1n) is 8.30. The molecule has 118 valence electrons. The van der Waals surface area contributed by atoms with Gasteiger partial charge in [-0.05, 0) is 52.6 Å². The van der Waals surface area contributed by atoms with Gasteiger partial charge < -0.3 is 15.3 Å². The van der Waals surface area contributed by atoms with Crippen molar-refractivity contribution in [1.82, 2.24) is 20.0 Å². The minimum Gasteiger partial charge on any atom is -0.394 e. The third-order valence-corrected chi connectivity index (χ3v) is 5.22. The van der Waals surface area contributed by atoms with Gasteiger partial charge in [0.1, 0.15) is 0 Å². The van der Waals surface area contributed by atoms with Crippen LogP contribution in [-0.2, 0) is 13.0 Å².